The standard InChI is InChI=1S/C6H11N3O8S/c7-9-8-3-5(11)4(10)2(17-6(3)12)1-16-18(13,14)15/h2-6,10-12H,1H2,(H,13,14,15)/t2?,3?,4-,5?,6?/m1/s1. The van der Waals surface area contributed by atoms with E-state index in [0.29, 0.717) is 0 Å². The molecule has 1 fully saturated rings. The predicted molar refractivity (Wildman–Crippen MR) is 53.3 cm³/mol. The van der Waals surface area contributed by atoms with Crippen molar-refractivity contribution >= 4 is 10.4 Å². The molecule has 0 spiro atoms. The highest BCUT2D eigenvalue weighted by Crippen LogP contribution is 2.22. The fourth-order valence-electron chi connectivity index (χ4n) is 1.41. The van der Waals surface area contributed by atoms with Crippen LogP contribution in [-0.2, 0) is 19.3 Å². The van der Waals surface area contributed by atoms with Gasteiger partial charge in [0.25, 0.3) is 0 Å². The molecule has 104 valence electrons. The van der Waals surface area contributed by atoms with Crippen LogP contribution in [0.1, 0.15) is 0 Å². The van der Waals surface area contributed by atoms with Crippen molar-refractivity contribution in [2.45, 2.75) is 30.6 Å². The van der Waals surface area contributed by atoms with Gasteiger partial charge in [-0.2, -0.15) is 8.42 Å². The van der Waals surface area contributed by atoms with Gasteiger partial charge in [0.15, 0.2) is 6.29 Å². The summed E-state index contributed by atoms with van der Waals surface area (Å²) >= 11 is 0. The average Bonchev–Trinajstić information content (AvgIpc) is 2.26. The van der Waals surface area contributed by atoms with E-state index in [1.807, 2.05) is 0 Å². The van der Waals surface area contributed by atoms with Crippen molar-refractivity contribution in [2.75, 3.05) is 6.61 Å². The minimum absolute atomic E-state index is 0.822. The average molecular weight is 285 g/mol. The summed E-state index contributed by atoms with van der Waals surface area (Å²) in [6.45, 7) is -0.822. The normalized spacial score (nSPS) is 37.0. The summed E-state index contributed by atoms with van der Waals surface area (Å²) in [5, 5.41) is 31.4. The third kappa shape index (κ3) is 3.76. The predicted octanol–water partition coefficient (Wildman–Crippen LogP) is -2.08. The Labute approximate surface area is 101 Å². The highest BCUT2D eigenvalue weighted by molar-refractivity contribution is 7.80. The van der Waals surface area contributed by atoms with Crippen LogP contribution in [-0.4, -0.2) is 65.5 Å². The first-order valence-corrected chi connectivity index (χ1v) is 5.98. The Balaban J connectivity index is 2.72. The number of ether oxygens (including phenoxy) is 1. The molecule has 4 unspecified atom stereocenters. The Morgan fingerprint density at radius 2 is 1.94 bits per heavy atom. The zero-order chi connectivity index (χ0) is 13.9. The van der Waals surface area contributed by atoms with E-state index in [9.17, 15) is 23.7 Å². The number of aliphatic hydroxyl groups excluding tert-OH is 3. The molecular weight excluding hydrogens is 274 g/mol. The molecule has 1 saturated heterocycles. The summed E-state index contributed by atoms with van der Waals surface area (Å²) in [5.74, 6) is 0. The third-order valence-electron chi connectivity index (χ3n) is 2.25. The smallest absolute Gasteiger partial charge is 0.390 e. The summed E-state index contributed by atoms with van der Waals surface area (Å²) in [4.78, 5) is 2.35. The molecule has 0 aromatic heterocycles. The lowest BCUT2D eigenvalue weighted by atomic mass is 9.98. The van der Waals surface area contributed by atoms with Gasteiger partial charge >= 0.3 is 10.4 Å². The zero-order valence-corrected chi connectivity index (χ0v) is 9.58. The van der Waals surface area contributed by atoms with E-state index in [4.69, 9.17) is 14.8 Å². The molecule has 4 N–H and O–H groups in total. The minimum atomic E-state index is -4.74. The number of hydrogen-bond acceptors (Lipinski definition) is 8. The number of rotatable bonds is 4. The second kappa shape index (κ2) is 5.77. The molecule has 0 aliphatic carbocycles. The van der Waals surface area contributed by atoms with E-state index in [2.05, 4.69) is 14.2 Å². The van der Waals surface area contributed by atoms with Gasteiger partial charge in [0.1, 0.15) is 18.2 Å². The molecular formula is C6H11N3O8S. The third-order valence-corrected chi connectivity index (χ3v) is 2.69. The Bertz CT molecular complexity index is 434. The van der Waals surface area contributed by atoms with Crippen LogP contribution in [0.3, 0.4) is 0 Å². The Kier molecular flexibility index (Phi) is 4.84. The fourth-order valence-corrected chi connectivity index (χ4v) is 1.71. The molecule has 1 aliphatic rings. The summed E-state index contributed by atoms with van der Waals surface area (Å²) < 4.78 is 37.6. The molecule has 11 nitrogen and oxygen atoms in total. The molecule has 0 amide bonds. The van der Waals surface area contributed by atoms with Gasteiger partial charge in [0.2, 0.25) is 0 Å². The van der Waals surface area contributed by atoms with E-state index in [0.717, 1.165) is 0 Å². The van der Waals surface area contributed by atoms with Gasteiger partial charge in [-0.25, -0.2) is 4.18 Å². The van der Waals surface area contributed by atoms with Gasteiger partial charge in [-0.3, -0.25) is 4.55 Å². The summed E-state index contributed by atoms with van der Waals surface area (Å²) in [6, 6.07) is -1.44. The zero-order valence-electron chi connectivity index (χ0n) is 8.77. The topological polar surface area (TPSA) is 182 Å². The van der Waals surface area contributed by atoms with Crippen molar-refractivity contribution in [3.8, 4) is 0 Å². The molecule has 18 heavy (non-hydrogen) atoms. The van der Waals surface area contributed by atoms with Gasteiger partial charge < -0.3 is 20.1 Å². The van der Waals surface area contributed by atoms with E-state index in [1.165, 1.54) is 0 Å². The quantitative estimate of drug-likeness (QED) is 0.196. The van der Waals surface area contributed by atoms with Gasteiger partial charge in [-0.1, -0.05) is 5.11 Å². The van der Waals surface area contributed by atoms with E-state index < -0.39 is 47.6 Å². The van der Waals surface area contributed by atoms with Gasteiger partial charge in [-0.05, 0) is 5.53 Å². The van der Waals surface area contributed by atoms with E-state index in [-0.39, 0.29) is 0 Å². The monoisotopic (exact) mass is 285 g/mol. The summed E-state index contributed by atoms with van der Waals surface area (Å²) in [6.07, 6.45) is -6.48. The highest BCUT2D eigenvalue weighted by atomic mass is 32.3. The van der Waals surface area contributed by atoms with Crippen molar-refractivity contribution in [3.05, 3.63) is 10.4 Å². The van der Waals surface area contributed by atoms with Crippen LogP contribution in [0.15, 0.2) is 5.11 Å². The van der Waals surface area contributed by atoms with Crippen molar-refractivity contribution in [1.29, 1.82) is 0 Å². The lowest BCUT2D eigenvalue weighted by Gasteiger charge is -2.38. The maximum Gasteiger partial charge on any atom is 0.397 e. The molecule has 0 bridgehead atoms. The molecule has 0 radical (unpaired) electrons. The van der Waals surface area contributed by atoms with Crippen molar-refractivity contribution in [2.24, 2.45) is 5.11 Å². The molecule has 1 aliphatic heterocycles. The molecule has 0 aromatic rings. The Morgan fingerprint density at radius 3 is 2.44 bits per heavy atom. The number of hydrogen-bond donors (Lipinski definition) is 4. The minimum Gasteiger partial charge on any atom is -0.390 e. The maximum atomic E-state index is 10.3. The van der Waals surface area contributed by atoms with Crippen molar-refractivity contribution in [3.63, 3.8) is 0 Å². The van der Waals surface area contributed by atoms with Crippen LogP contribution >= 0.6 is 0 Å². The fraction of sp³-hybridized carbons (Fsp3) is 1.00. The highest BCUT2D eigenvalue weighted by Gasteiger charge is 2.43. The van der Waals surface area contributed by atoms with Gasteiger partial charge in [0, 0.05) is 4.91 Å². The van der Waals surface area contributed by atoms with E-state index >= 15 is 0 Å². The van der Waals surface area contributed by atoms with Crippen LogP contribution in [0.25, 0.3) is 10.4 Å². The Morgan fingerprint density at radius 1 is 1.33 bits per heavy atom. The second-order valence-electron chi connectivity index (χ2n) is 3.45. The number of azide groups is 1. The maximum absolute atomic E-state index is 10.3. The first-order chi connectivity index (χ1) is 8.26. The van der Waals surface area contributed by atoms with Crippen molar-refractivity contribution in [1.82, 2.24) is 0 Å². The lowest BCUT2D eigenvalue weighted by molar-refractivity contribution is -0.247. The molecule has 12 heteroatoms. The first-order valence-electron chi connectivity index (χ1n) is 4.62. The lowest BCUT2D eigenvalue weighted by Crippen LogP contribution is -2.58. The van der Waals surface area contributed by atoms with Crippen LogP contribution in [0, 0.1) is 0 Å². The summed E-state index contributed by atoms with van der Waals surface area (Å²) in [7, 11) is -4.74. The molecule has 0 saturated carbocycles. The molecule has 5 atom stereocenters. The molecule has 1 rings (SSSR count). The van der Waals surface area contributed by atoms with Gasteiger partial charge in [-0.15, -0.1) is 0 Å². The molecule has 0 aromatic carbocycles. The largest absolute Gasteiger partial charge is 0.397 e. The SMILES string of the molecule is [N-]=[N+]=NC1C(O)OC(COS(=O)(=O)O)[C@@H](O)C1O. The first kappa shape index (κ1) is 15.1. The van der Waals surface area contributed by atoms with E-state index in [1.54, 1.807) is 0 Å². The second-order valence-corrected chi connectivity index (χ2v) is 4.55. The van der Waals surface area contributed by atoms with Crippen LogP contribution < -0.4 is 0 Å². The van der Waals surface area contributed by atoms with Crippen LogP contribution in [0.4, 0.5) is 0 Å². The Hall–Kier alpha value is -0.980. The number of nitrogens with zero attached hydrogens (tertiary/aromatic N) is 3. The van der Waals surface area contributed by atoms with Crippen LogP contribution in [0.2, 0.25) is 0 Å². The molecule has 1 heterocycles. The van der Waals surface area contributed by atoms with Crippen LogP contribution in [0.5, 0.6) is 0 Å². The summed E-state index contributed by atoms with van der Waals surface area (Å²) in [5.41, 5.74) is 8.18. The van der Waals surface area contributed by atoms with Crippen molar-refractivity contribution < 1.29 is 37.2 Å². The van der Waals surface area contributed by atoms with Gasteiger partial charge in [0.05, 0.1) is 12.7 Å². The number of aliphatic hydroxyl groups is 3.